The van der Waals surface area contributed by atoms with E-state index in [1.54, 1.807) is 31.2 Å². The molecule has 0 aromatic heterocycles. The molecular formula is C8H9ClO2. The third-order valence-electron chi connectivity index (χ3n) is 1.15. The highest BCUT2D eigenvalue weighted by Crippen LogP contribution is 2.25. The summed E-state index contributed by atoms with van der Waals surface area (Å²) in [7, 11) is 0. The lowest BCUT2D eigenvalue weighted by Gasteiger charge is -2.08. The Morgan fingerprint density at radius 3 is 2.64 bits per heavy atom. The molecule has 0 aliphatic rings. The molecule has 0 saturated heterocycles. The van der Waals surface area contributed by atoms with Crippen LogP contribution in [0.2, 0.25) is 0 Å². The van der Waals surface area contributed by atoms with Crippen LogP contribution in [-0.4, -0.2) is 10.7 Å². The van der Waals surface area contributed by atoms with Gasteiger partial charge in [0.15, 0.2) is 17.1 Å². The molecule has 60 valence electrons. The van der Waals surface area contributed by atoms with Crippen LogP contribution in [0.15, 0.2) is 24.3 Å². The second-order valence-corrected chi connectivity index (χ2v) is 2.74. The van der Waals surface area contributed by atoms with Crippen LogP contribution in [0.25, 0.3) is 0 Å². The first-order valence-electron chi connectivity index (χ1n) is 3.29. The number of hydrogen-bond donors (Lipinski definition) is 1. The van der Waals surface area contributed by atoms with Gasteiger partial charge < -0.3 is 9.84 Å². The van der Waals surface area contributed by atoms with E-state index in [0.29, 0.717) is 5.75 Å². The van der Waals surface area contributed by atoms with Gasteiger partial charge in [0.05, 0.1) is 0 Å². The molecule has 1 aromatic rings. The zero-order valence-corrected chi connectivity index (χ0v) is 6.88. The number of halogens is 1. The number of alkyl halides is 1. The monoisotopic (exact) mass is 172 g/mol. The number of hydrogen-bond acceptors (Lipinski definition) is 2. The molecule has 1 N–H and O–H groups in total. The normalized spacial score (nSPS) is 12.5. The van der Waals surface area contributed by atoms with Crippen molar-refractivity contribution in [1.29, 1.82) is 0 Å². The average molecular weight is 173 g/mol. The van der Waals surface area contributed by atoms with Crippen LogP contribution in [0.3, 0.4) is 0 Å². The molecule has 0 fully saturated rings. The second kappa shape index (κ2) is 3.49. The highest BCUT2D eigenvalue weighted by Gasteiger charge is 2.02. The van der Waals surface area contributed by atoms with Crippen LogP contribution < -0.4 is 4.74 Å². The van der Waals surface area contributed by atoms with Crippen molar-refractivity contribution in [3.63, 3.8) is 0 Å². The van der Waals surface area contributed by atoms with Crippen LogP contribution in [0.4, 0.5) is 0 Å². The van der Waals surface area contributed by atoms with E-state index in [1.165, 1.54) is 0 Å². The maximum Gasteiger partial charge on any atom is 0.169 e. The fourth-order valence-electron chi connectivity index (χ4n) is 0.732. The van der Waals surface area contributed by atoms with Gasteiger partial charge >= 0.3 is 0 Å². The number of para-hydroxylation sites is 2. The molecule has 0 aliphatic heterocycles. The summed E-state index contributed by atoms with van der Waals surface area (Å²) in [6.07, 6.45) is 0. The van der Waals surface area contributed by atoms with E-state index in [4.69, 9.17) is 16.3 Å². The number of phenols is 1. The van der Waals surface area contributed by atoms with Crippen molar-refractivity contribution in [2.75, 3.05) is 0 Å². The summed E-state index contributed by atoms with van der Waals surface area (Å²) in [5.41, 5.74) is -0.428. The fourth-order valence-corrected chi connectivity index (χ4v) is 0.828. The Morgan fingerprint density at radius 1 is 1.45 bits per heavy atom. The van der Waals surface area contributed by atoms with E-state index < -0.39 is 5.56 Å². The smallest absolute Gasteiger partial charge is 0.169 e. The number of aromatic hydroxyl groups is 1. The Labute approximate surface area is 70.4 Å². The van der Waals surface area contributed by atoms with Gasteiger partial charge in [-0.05, 0) is 19.1 Å². The lowest BCUT2D eigenvalue weighted by molar-refractivity contribution is 0.285. The minimum Gasteiger partial charge on any atom is -0.504 e. The number of ether oxygens (including phenoxy) is 1. The van der Waals surface area contributed by atoms with E-state index in [2.05, 4.69) is 0 Å². The standard InChI is InChI=1S/C8H9ClO2/c1-6(9)11-8-5-3-2-4-7(8)10/h2-6,10H,1H3. The molecule has 2 nitrogen and oxygen atoms in total. The average Bonchev–Trinajstić information content (AvgIpc) is 1.93. The van der Waals surface area contributed by atoms with E-state index in [9.17, 15) is 5.11 Å². The quantitative estimate of drug-likeness (QED) is 0.694. The molecule has 0 heterocycles. The van der Waals surface area contributed by atoms with Crippen LogP contribution in [-0.2, 0) is 0 Å². The van der Waals surface area contributed by atoms with Gasteiger partial charge in [0.2, 0.25) is 0 Å². The molecule has 0 aliphatic carbocycles. The summed E-state index contributed by atoms with van der Waals surface area (Å²) in [5.74, 6) is 0.523. The molecule has 0 spiro atoms. The molecule has 11 heavy (non-hydrogen) atoms. The first-order chi connectivity index (χ1) is 5.20. The van der Waals surface area contributed by atoms with Crippen LogP contribution in [0.5, 0.6) is 11.5 Å². The van der Waals surface area contributed by atoms with Gasteiger partial charge in [0, 0.05) is 0 Å². The fraction of sp³-hybridized carbons (Fsp3) is 0.250. The summed E-state index contributed by atoms with van der Waals surface area (Å²) < 4.78 is 5.06. The van der Waals surface area contributed by atoms with E-state index in [1.807, 2.05) is 0 Å². The summed E-state index contributed by atoms with van der Waals surface area (Å²) in [5, 5.41) is 9.18. The molecule has 0 bridgehead atoms. The number of rotatable bonds is 2. The van der Waals surface area contributed by atoms with Crippen LogP contribution in [0.1, 0.15) is 6.92 Å². The van der Waals surface area contributed by atoms with Crippen molar-refractivity contribution in [1.82, 2.24) is 0 Å². The van der Waals surface area contributed by atoms with Gasteiger partial charge in [-0.2, -0.15) is 0 Å². The minimum absolute atomic E-state index is 0.111. The van der Waals surface area contributed by atoms with E-state index in [0.717, 1.165) is 0 Å². The lowest BCUT2D eigenvalue weighted by atomic mass is 10.3. The highest BCUT2D eigenvalue weighted by atomic mass is 35.5. The largest absolute Gasteiger partial charge is 0.504 e. The Morgan fingerprint density at radius 2 is 2.09 bits per heavy atom. The van der Waals surface area contributed by atoms with E-state index >= 15 is 0 Å². The third kappa shape index (κ3) is 2.31. The molecular weight excluding hydrogens is 164 g/mol. The van der Waals surface area contributed by atoms with Gasteiger partial charge in [-0.25, -0.2) is 0 Å². The Bertz CT molecular complexity index is 235. The zero-order chi connectivity index (χ0) is 8.27. The Hall–Kier alpha value is -0.890. The molecule has 1 rings (SSSR count). The predicted octanol–water partition coefficient (Wildman–Crippen LogP) is 2.36. The molecule has 0 radical (unpaired) electrons. The molecule has 1 aromatic carbocycles. The molecule has 3 heteroatoms. The molecule has 1 unspecified atom stereocenters. The van der Waals surface area contributed by atoms with Crippen molar-refractivity contribution in [2.24, 2.45) is 0 Å². The summed E-state index contributed by atoms with van der Waals surface area (Å²) in [6, 6.07) is 6.71. The Kier molecular flexibility index (Phi) is 2.60. The third-order valence-corrected chi connectivity index (χ3v) is 1.24. The van der Waals surface area contributed by atoms with Crippen molar-refractivity contribution < 1.29 is 9.84 Å². The molecule has 0 saturated carbocycles. The summed E-state index contributed by atoms with van der Waals surface area (Å²) >= 11 is 5.55. The summed E-state index contributed by atoms with van der Waals surface area (Å²) in [4.78, 5) is 0. The number of benzene rings is 1. The summed E-state index contributed by atoms with van der Waals surface area (Å²) in [6.45, 7) is 1.69. The van der Waals surface area contributed by atoms with Gasteiger partial charge in [-0.1, -0.05) is 23.7 Å². The van der Waals surface area contributed by atoms with Crippen molar-refractivity contribution in [2.45, 2.75) is 12.5 Å². The molecule has 1 atom stereocenters. The van der Waals surface area contributed by atoms with Gasteiger partial charge in [-0.15, -0.1) is 0 Å². The first kappa shape index (κ1) is 8.21. The number of phenolic OH excluding ortho intramolecular Hbond substituents is 1. The maximum absolute atomic E-state index is 9.18. The van der Waals surface area contributed by atoms with Gasteiger partial charge in [-0.3, -0.25) is 0 Å². The Balaban J connectivity index is 2.78. The maximum atomic E-state index is 9.18. The SMILES string of the molecule is CC(Cl)Oc1ccccc1O. The van der Waals surface area contributed by atoms with Gasteiger partial charge in [0.1, 0.15) is 0 Å². The van der Waals surface area contributed by atoms with Crippen molar-refractivity contribution in [3.05, 3.63) is 24.3 Å². The predicted molar refractivity (Wildman–Crippen MR) is 44.0 cm³/mol. The topological polar surface area (TPSA) is 29.5 Å². The van der Waals surface area contributed by atoms with Crippen LogP contribution in [0, 0.1) is 0 Å². The van der Waals surface area contributed by atoms with Crippen molar-refractivity contribution in [3.8, 4) is 11.5 Å². The van der Waals surface area contributed by atoms with Crippen LogP contribution >= 0.6 is 11.6 Å². The highest BCUT2D eigenvalue weighted by molar-refractivity contribution is 6.19. The van der Waals surface area contributed by atoms with Crippen molar-refractivity contribution >= 4 is 11.6 Å². The first-order valence-corrected chi connectivity index (χ1v) is 3.72. The zero-order valence-electron chi connectivity index (χ0n) is 6.12. The minimum atomic E-state index is -0.428. The van der Waals surface area contributed by atoms with E-state index in [-0.39, 0.29) is 5.75 Å². The molecule has 0 amide bonds. The lowest BCUT2D eigenvalue weighted by Crippen LogP contribution is -2.01. The second-order valence-electron chi connectivity index (χ2n) is 2.13. The van der Waals surface area contributed by atoms with Gasteiger partial charge in [0.25, 0.3) is 0 Å².